The first kappa shape index (κ1) is 16.5. The third-order valence-corrected chi connectivity index (χ3v) is 3.57. The number of para-hydroxylation sites is 1. The van der Waals surface area contributed by atoms with Crippen LogP contribution in [0.3, 0.4) is 0 Å². The van der Waals surface area contributed by atoms with Crippen molar-refractivity contribution in [3.05, 3.63) is 42.5 Å². The summed E-state index contributed by atoms with van der Waals surface area (Å²) in [5, 5.41) is 4.67. The summed E-state index contributed by atoms with van der Waals surface area (Å²) in [4.78, 5) is 0. The van der Waals surface area contributed by atoms with Crippen molar-refractivity contribution < 1.29 is 21.8 Å². The molecule has 2 heterocycles. The van der Waals surface area contributed by atoms with Crippen LogP contribution in [0.4, 0.5) is 17.3 Å². The van der Waals surface area contributed by atoms with E-state index in [1.165, 1.54) is 12.2 Å². The fourth-order valence-electron chi connectivity index (χ4n) is 2.62. The van der Waals surface area contributed by atoms with E-state index in [-0.39, 0.29) is 0 Å². The first-order valence-corrected chi connectivity index (χ1v) is 7.18. The first-order chi connectivity index (χ1) is 10.3. The van der Waals surface area contributed by atoms with Crippen molar-refractivity contribution in [3.8, 4) is 5.69 Å². The summed E-state index contributed by atoms with van der Waals surface area (Å²) >= 11 is 0. The minimum Gasteiger partial charge on any atom is -0.418 e. The lowest BCUT2D eigenvalue weighted by atomic mass is 10.0. The molecule has 0 spiro atoms. The van der Waals surface area contributed by atoms with Crippen molar-refractivity contribution in [1.29, 1.82) is 0 Å². The van der Waals surface area contributed by atoms with Gasteiger partial charge in [-0.05, 0) is 24.5 Å². The highest BCUT2D eigenvalue weighted by Crippen LogP contribution is 2.23. The molecule has 0 bridgehead atoms. The van der Waals surface area contributed by atoms with Crippen LogP contribution in [-0.4, -0.2) is 17.0 Å². The summed E-state index contributed by atoms with van der Waals surface area (Å²) in [6.45, 7) is 4.57. The van der Waals surface area contributed by atoms with E-state index >= 15 is 0 Å². The molecule has 1 atom stereocenters. The maximum atomic E-state index is 9.75. The van der Waals surface area contributed by atoms with Gasteiger partial charge in [0.1, 0.15) is 5.69 Å². The average molecular weight is 315 g/mol. The summed E-state index contributed by atoms with van der Waals surface area (Å²) in [5.41, 5.74) is 1.14. The molecule has 3 rings (SSSR count). The zero-order chi connectivity index (χ0) is 16.3. The van der Waals surface area contributed by atoms with Crippen LogP contribution in [-0.2, 0) is 6.42 Å². The third-order valence-electron chi connectivity index (χ3n) is 3.57. The fraction of sp³-hybridized carbons (Fsp3) is 0.429. The molecule has 1 aromatic carbocycles. The molecule has 0 aliphatic carbocycles. The van der Waals surface area contributed by atoms with Gasteiger partial charge in [0.15, 0.2) is 0 Å². The SMILES string of the molecule is CC(C)[C@@H]1CCc2nn(-c3ccccc3)c[n+]21.F[B-](F)(F)F. The molecule has 0 unspecified atom stereocenters. The molecular weight excluding hydrogens is 297 g/mol. The minimum atomic E-state index is -6.00. The Kier molecular flexibility index (Phi) is 4.88. The summed E-state index contributed by atoms with van der Waals surface area (Å²) in [5.74, 6) is 1.89. The van der Waals surface area contributed by atoms with Gasteiger partial charge in [-0.2, -0.15) is 0 Å². The van der Waals surface area contributed by atoms with Gasteiger partial charge in [0, 0.05) is 11.5 Å². The normalized spacial score (nSPS) is 17.1. The Morgan fingerprint density at radius 1 is 1.18 bits per heavy atom. The second kappa shape index (κ2) is 6.50. The molecule has 0 fully saturated rings. The van der Waals surface area contributed by atoms with Crippen molar-refractivity contribution in [2.75, 3.05) is 0 Å². The Morgan fingerprint density at radius 3 is 2.32 bits per heavy atom. The van der Waals surface area contributed by atoms with E-state index in [2.05, 4.69) is 42.0 Å². The van der Waals surface area contributed by atoms with Gasteiger partial charge < -0.3 is 17.3 Å². The number of hydrogen-bond donors (Lipinski definition) is 0. The quantitative estimate of drug-likeness (QED) is 0.471. The van der Waals surface area contributed by atoms with Crippen LogP contribution in [0.2, 0.25) is 0 Å². The van der Waals surface area contributed by atoms with Gasteiger partial charge >= 0.3 is 7.25 Å². The summed E-state index contributed by atoms with van der Waals surface area (Å²) in [6.07, 6.45) is 4.47. The number of nitrogens with zero attached hydrogens (tertiary/aromatic N) is 3. The van der Waals surface area contributed by atoms with Crippen LogP contribution in [0, 0.1) is 5.92 Å². The van der Waals surface area contributed by atoms with Crippen molar-refractivity contribution in [3.63, 3.8) is 0 Å². The van der Waals surface area contributed by atoms with E-state index in [4.69, 9.17) is 0 Å². The summed E-state index contributed by atoms with van der Waals surface area (Å²) < 4.78 is 43.3. The van der Waals surface area contributed by atoms with Crippen LogP contribution < -0.4 is 4.57 Å². The molecule has 0 radical (unpaired) electrons. The van der Waals surface area contributed by atoms with Crippen molar-refractivity contribution >= 4 is 7.25 Å². The molecule has 0 saturated carbocycles. The minimum absolute atomic E-state index is 0.613. The van der Waals surface area contributed by atoms with Gasteiger partial charge in [0.25, 0.3) is 5.82 Å². The molecule has 1 aliphatic heterocycles. The second-order valence-corrected chi connectivity index (χ2v) is 5.56. The Bertz CT molecular complexity index is 604. The van der Waals surface area contributed by atoms with E-state index in [0.717, 1.165) is 12.1 Å². The third kappa shape index (κ3) is 4.32. The lowest BCUT2D eigenvalue weighted by Crippen LogP contribution is -2.38. The zero-order valence-electron chi connectivity index (χ0n) is 12.5. The van der Waals surface area contributed by atoms with Crippen LogP contribution in [0.1, 0.15) is 32.1 Å². The second-order valence-electron chi connectivity index (χ2n) is 5.56. The number of hydrogen-bond acceptors (Lipinski definition) is 1. The van der Waals surface area contributed by atoms with Crippen LogP contribution in [0.25, 0.3) is 5.69 Å². The molecule has 0 saturated heterocycles. The standard InChI is InChI=1S/C14H18N3.BF4/c1-11(2)13-8-9-14-15-17(10-16(13)14)12-6-4-3-5-7-12;2-1(3,4)5/h3-7,10-11,13H,8-9H2,1-2H3;/q+1;-1/t13-;/m0./s1. The largest absolute Gasteiger partial charge is 0.673 e. The fourth-order valence-corrected chi connectivity index (χ4v) is 2.62. The molecule has 0 amide bonds. The number of benzene rings is 1. The molecule has 120 valence electrons. The van der Waals surface area contributed by atoms with E-state index in [0.29, 0.717) is 12.0 Å². The molecule has 2 aromatic rings. The van der Waals surface area contributed by atoms with Gasteiger partial charge in [0.05, 0.1) is 6.04 Å². The summed E-state index contributed by atoms with van der Waals surface area (Å²) in [7, 11) is -6.00. The first-order valence-electron chi connectivity index (χ1n) is 7.18. The van der Waals surface area contributed by atoms with E-state index in [1.807, 2.05) is 22.9 Å². The molecule has 8 heteroatoms. The molecule has 0 N–H and O–H groups in total. The highest BCUT2D eigenvalue weighted by molar-refractivity contribution is 6.50. The Labute approximate surface area is 126 Å². The smallest absolute Gasteiger partial charge is 0.418 e. The van der Waals surface area contributed by atoms with Crippen molar-refractivity contribution in [2.24, 2.45) is 5.92 Å². The van der Waals surface area contributed by atoms with Crippen LogP contribution in [0.5, 0.6) is 0 Å². The number of halogens is 4. The topological polar surface area (TPSA) is 21.7 Å². The Balaban J connectivity index is 0.000000309. The molecular formula is C14H18BF4N3. The monoisotopic (exact) mass is 315 g/mol. The average Bonchev–Trinajstić information content (AvgIpc) is 2.96. The van der Waals surface area contributed by atoms with E-state index in [9.17, 15) is 17.3 Å². The number of fused-ring (bicyclic) bond motifs is 1. The zero-order valence-corrected chi connectivity index (χ0v) is 12.5. The van der Waals surface area contributed by atoms with Gasteiger partial charge in [-0.3, -0.25) is 0 Å². The number of aryl methyl sites for hydroxylation is 1. The van der Waals surface area contributed by atoms with Gasteiger partial charge in [-0.25, -0.2) is 4.57 Å². The maximum Gasteiger partial charge on any atom is 0.673 e. The molecule has 22 heavy (non-hydrogen) atoms. The maximum absolute atomic E-state index is 9.75. The highest BCUT2D eigenvalue weighted by Gasteiger charge is 2.33. The number of aromatic nitrogens is 3. The molecule has 3 nitrogen and oxygen atoms in total. The predicted octanol–water partition coefficient (Wildman–Crippen LogP) is 3.60. The Morgan fingerprint density at radius 2 is 1.77 bits per heavy atom. The van der Waals surface area contributed by atoms with Crippen LogP contribution >= 0.6 is 0 Å². The lowest BCUT2D eigenvalue weighted by molar-refractivity contribution is -0.723. The molecule has 1 aromatic heterocycles. The van der Waals surface area contributed by atoms with Crippen molar-refractivity contribution in [2.45, 2.75) is 32.7 Å². The lowest BCUT2D eigenvalue weighted by Gasteiger charge is -2.11. The van der Waals surface area contributed by atoms with Crippen LogP contribution in [0.15, 0.2) is 36.7 Å². The number of rotatable bonds is 2. The van der Waals surface area contributed by atoms with Gasteiger partial charge in [0.2, 0.25) is 6.33 Å². The Hall–Kier alpha value is -1.86. The van der Waals surface area contributed by atoms with Gasteiger partial charge in [-0.1, -0.05) is 36.7 Å². The molecule has 1 aliphatic rings. The van der Waals surface area contributed by atoms with Crippen molar-refractivity contribution in [1.82, 2.24) is 9.78 Å². The van der Waals surface area contributed by atoms with E-state index in [1.54, 1.807) is 0 Å². The predicted molar refractivity (Wildman–Crippen MR) is 76.1 cm³/mol. The summed E-state index contributed by atoms with van der Waals surface area (Å²) in [6, 6.07) is 10.9. The van der Waals surface area contributed by atoms with Gasteiger partial charge in [-0.15, -0.1) is 0 Å². The van der Waals surface area contributed by atoms with E-state index < -0.39 is 7.25 Å². The highest BCUT2D eigenvalue weighted by atomic mass is 19.5.